The Hall–Kier alpha value is -5.68. The van der Waals surface area contributed by atoms with E-state index in [0.717, 1.165) is 44.3 Å². The summed E-state index contributed by atoms with van der Waals surface area (Å²) in [6.07, 6.45) is 0. The third-order valence-electron chi connectivity index (χ3n) is 11.5. The molecule has 0 radical (unpaired) electrons. The maximum atomic E-state index is 6.82. The number of benzene rings is 6. The largest absolute Gasteiger partial charge is 0.454 e. The van der Waals surface area contributed by atoms with E-state index >= 15 is 0 Å². The molecule has 0 unspecified atom stereocenters. The van der Waals surface area contributed by atoms with E-state index in [4.69, 9.17) is 8.83 Å². The van der Waals surface area contributed by atoms with Crippen molar-refractivity contribution in [3.63, 3.8) is 0 Å². The minimum absolute atomic E-state index is 0.0302. The number of anilines is 3. The molecular weight excluding hydrogens is 623 g/mol. The Morgan fingerprint density at radius 1 is 0.510 bits per heavy atom. The van der Waals surface area contributed by atoms with Crippen LogP contribution in [0.2, 0.25) is 0 Å². The van der Waals surface area contributed by atoms with Gasteiger partial charge in [0.1, 0.15) is 11.2 Å². The van der Waals surface area contributed by atoms with E-state index in [1.165, 1.54) is 60.9 Å². The fourth-order valence-electron chi connectivity index (χ4n) is 8.97. The fraction of sp³-hybridized carbons (Fsp3) is 0.174. The smallest absolute Gasteiger partial charge is 0.252 e. The zero-order chi connectivity index (χ0) is 34.6. The number of fused-ring (bicyclic) bond motifs is 12. The predicted octanol–water partition coefficient (Wildman–Crippen LogP) is 10.6. The highest BCUT2D eigenvalue weighted by molar-refractivity contribution is 7.00. The molecule has 4 nitrogen and oxygen atoms in total. The van der Waals surface area contributed by atoms with Gasteiger partial charge in [0.25, 0.3) is 6.71 Å². The lowest BCUT2D eigenvalue weighted by molar-refractivity contribution is 0.589. The van der Waals surface area contributed by atoms with Crippen LogP contribution in [-0.4, -0.2) is 11.3 Å². The molecule has 2 aliphatic heterocycles. The first-order valence-electron chi connectivity index (χ1n) is 18.1. The second-order valence-electron chi connectivity index (χ2n) is 16.6. The van der Waals surface area contributed by atoms with Crippen molar-refractivity contribution >= 4 is 95.1 Å². The average Bonchev–Trinajstić information content (AvgIpc) is 3.78. The number of rotatable bonds is 1. The Labute approximate surface area is 297 Å². The predicted molar refractivity (Wildman–Crippen MR) is 215 cm³/mol. The molecule has 0 amide bonds. The second kappa shape index (κ2) is 9.55. The molecule has 9 aromatic rings. The monoisotopic (exact) mass is 660 g/mol. The van der Waals surface area contributed by atoms with Gasteiger partial charge in [0, 0.05) is 38.6 Å². The van der Waals surface area contributed by atoms with E-state index in [-0.39, 0.29) is 17.5 Å². The summed E-state index contributed by atoms with van der Waals surface area (Å²) in [4.78, 5) is 2.50. The van der Waals surface area contributed by atoms with Crippen molar-refractivity contribution in [2.45, 2.75) is 52.4 Å². The van der Waals surface area contributed by atoms with Gasteiger partial charge in [-0.15, -0.1) is 0 Å². The Kier molecular flexibility index (Phi) is 5.45. The first-order chi connectivity index (χ1) is 24.6. The summed E-state index contributed by atoms with van der Waals surface area (Å²) in [6.45, 7) is 13.9. The summed E-state index contributed by atoms with van der Waals surface area (Å²) in [5.41, 5.74) is 15.9. The van der Waals surface area contributed by atoms with E-state index in [9.17, 15) is 0 Å². The Morgan fingerprint density at radius 3 is 1.94 bits per heavy atom. The van der Waals surface area contributed by atoms with Crippen LogP contribution < -0.4 is 21.3 Å². The summed E-state index contributed by atoms with van der Waals surface area (Å²) >= 11 is 0. The lowest BCUT2D eigenvalue weighted by Gasteiger charge is -2.41. The van der Waals surface area contributed by atoms with Crippen LogP contribution >= 0.6 is 0 Å². The quantitative estimate of drug-likeness (QED) is 0.164. The van der Waals surface area contributed by atoms with Crippen LogP contribution in [0.15, 0.2) is 124 Å². The molecule has 0 atom stereocenters. The van der Waals surface area contributed by atoms with Gasteiger partial charge in [-0.1, -0.05) is 120 Å². The number of furan rings is 2. The zero-order valence-corrected chi connectivity index (χ0v) is 29.8. The second-order valence-corrected chi connectivity index (χ2v) is 16.6. The minimum atomic E-state index is -0.109. The Bertz CT molecular complexity index is 2960. The van der Waals surface area contributed by atoms with Gasteiger partial charge < -0.3 is 13.7 Å². The van der Waals surface area contributed by atoms with Crippen molar-refractivity contribution in [3.8, 4) is 5.69 Å². The molecule has 246 valence electrons. The van der Waals surface area contributed by atoms with E-state index in [1.807, 2.05) is 0 Å². The highest BCUT2D eigenvalue weighted by atomic mass is 16.3. The van der Waals surface area contributed by atoms with Crippen LogP contribution in [-0.2, 0) is 10.8 Å². The molecular formula is C46H37BN2O2. The highest BCUT2D eigenvalue weighted by Crippen LogP contribution is 2.48. The van der Waals surface area contributed by atoms with Crippen LogP contribution in [0, 0.1) is 0 Å². The molecule has 5 heterocycles. The first kappa shape index (κ1) is 29.1. The molecule has 0 bridgehead atoms. The fourth-order valence-corrected chi connectivity index (χ4v) is 8.97. The van der Waals surface area contributed by atoms with Gasteiger partial charge in [-0.3, -0.25) is 4.57 Å². The van der Waals surface area contributed by atoms with Gasteiger partial charge >= 0.3 is 0 Å². The molecule has 0 saturated carbocycles. The van der Waals surface area contributed by atoms with Gasteiger partial charge in [0.15, 0.2) is 5.58 Å². The average molecular weight is 661 g/mol. The number of nitrogens with zero attached hydrogens (tertiary/aromatic N) is 2. The van der Waals surface area contributed by atoms with Crippen molar-refractivity contribution in [1.82, 2.24) is 4.57 Å². The van der Waals surface area contributed by atoms with Crippen molar-refractivity contribution in [1.29, 1.82) is 0 Å². The normalized spacial score (nSPS) is 14.0. The molecule has 11 rings (SSSR count). The zero-order valence-electron chi connectivity index (χ0n) is 29.8. The van der Waals surface area contributed by atoms with Crippen LogP contribution in [0.5, 0.6) is 0 Å². The van der Waals surface area contributed by atoms with Crippen molar-refractivity contribution < 1.29 is 8.83 Å². The van der Waals surface area contributed by atoms with E-state index < -0.39 is 0 Å². The van der Waals surface area contributed by atoms with E-state index in [2.05, 4.69) is 166 Å². The molecule has 51 heavy (non-hydrogen) atoms. The summed E-state index contributed by atoms with van der Waals surface area (Å²) in [7, 11) is 0. The summed E-state index contributed by atoms with van der Waals surface area (Å²) in [5.74, 6) is 0. The molecule has 0 saturated heterocycles. The van der Waals surface area contributed by atoms with E-state index in [1.54, 1.807) is 0 Å². The van der Waals surface area contributed by atoms with Gasteiger partial charge in [0.2, 0.25) is 5.71 Å². The van der Waals surface area contributed by atoms with Crippen LogP contribution in [0.1, 0.15) is 52.7 Å². The maximum Gasteiger partial charge on any atom is 0.252 e. The molecule has 0 aliphatic carbocycles. The van der Waals surface area contributed by atoms with Crippen LogP contribution in [0.25, 0.3) is 60.6 Å². The van der Waals surface area contributed by atoms with Gasteiger partial charge in [-0.25, -0.2) is 0 Å². The van der Waals surface area contributed by atoms with Crippen molar-refractivity contribution in [3.05, 3.63) is 126 Å². The van der Waals surface area contributed by atoms with Gasteiger partial charge in [0.05, 0.1) is 16.6 Å². The van der Waals surface area contributed by atoms with Gasteiger partial charge in [-0.05, 0) is 74.7 Å². The Balaban J connectivity index is 1.34. The summed E-state index contributed by atoms with van der Waals surface area (Å²) in [5, 5.41) is 5.84. The molecule has 0 N–H and O–H groups in total. The molecule has 5 heteroatoms. The third kappa shape index (κ3) is 3.76. The number of aromatic nitrogens is 1. The molecule has 2 aliphatic rings. The standard InChI is InChI=1S/C46H37BN2O2/c1-45(2,3)26-21-22-32-35(23-26)48(34-18-12-15-29-28-13-7-9-19-38(28)50-43(29)34)36-24-27(46(4,5)6)25-37-41(36)47(32)33-17-11-16-31-40-30-14-8-10-20-39(30)51-44(40)49(37)42(31)33/h7-25H,1-6H3. The highest BCUT2D eigenvalue weighted by Gasteiger charge is 2.44. The first-order valence-corrected chi connectivity index (χ1v) is 18.1. The third-order valence-corrected chi connectivity index (χ3v) is 11.5. The summed E-state index contributed by atoms with van der Waals surface area (Å²) in [6, 6.07) is 42.4. The van der Waals surface area contributed by atoms with E-state index in [0.29, 0.717) is 0 Å². The maximum absolute atomic E-state index is 6.82. The lowest BCUT2D eigenvalue weighted by Crippen LogP contribution is -2.60. The van der Waals surface area contributed by atoms with Crippen LogP contribution in [0.4, 0.5) is 17.1 Å². The SMILES string of the molecule is CC(C)(C)c1ccc2c(c1)N(c1cccc3c1oc1ccccc13)c1cc(C(C)(C)C)cc3c1B2c1cccc2c4c5ccccc5oc4n-3c12. The van der Waals surface area contributed by atoms with Gasteiger partial charge in [-0.2, -0.15) is 0 Å². The number of hydrogen-bond donors (Lipinski definition) is 0. The Morgan fingerprint density at radius 2 is 1.16 bits per heavy atom. The molecule has 6 aromatic carbocycles. The van der Waals surface area contributed by atoms with Crippen molar-refractivity contribution in [2.75, 3.05) is 4.90 Å². The van der Waals surface area contributed by atoms with Crippen LogP contribution in [0.3, 0.4) is 0 Å². The lowest BCUT2D eigenvalue weighted by atomic mass is 9.33. The summed E-state index contributed by atoms with van der Waals surface area (Å²) < 4.78 is 16.0. The topological polar surface area (TPSA) is 34.5 Å². The molecule has 0 spiro atoms. The number of para-hydroxylation sites is 4. The molecule has 0 fully saturated rings. The molecule has 3 aromatic heterocycles. The number of hydrogen-bond acceptors (Lipinski definition) is 3. The minimum Gasteiger partial charge on any atom is -0.454 e. The van der Waals surface area contributed by atoms with Crippen molar-refractivity contribution in [2.24, 2.45) is 0 Å².